The summed E-state index contributed by atoms with van der Waals surface area (Å²) < 4.78 is 5.29. The highest BCUT2D eigenvalue weighted by Crippen LogP contribution is 2.47. The van der Waals surface area contributed by atoms with E-state index in [0.717, 1.165) is 12.8 Å². The molecule has 2 heterocycles. The number of amides is 2. The second-order valence-corrected chi connectivity index (χ2v) is 9.03. The van der Waals surface area contributed by atoms with Gasteiger partial charge in [-0.2, -0.15) is 0 Å². The van der Waals surface area contributed by atoms with E-state index >= 15 is 0 Å². The number of fused-ring (bicyclic) bond motifs is 1. The molecule has 0 saturated carbocycles. The van der Waals surface area contributed by atoms with Gasteiger partial charge in [0, 0.05) is 27.3 Å². The lowest BCUT2D eigenvalue weighted by Crippen LogP contribution is -2.60. The molecule has 34 heavy (non-hydrogen) atoms. The van der Waals surface area contributed by atoms with Crippen LogP contribution in [0.2, 0.25) is 10.0 Å². The van der Waals surface area contributed by atoms with E-state index in [4.69, 9.17) is 27.9 Å². The molecule has 2 aromatic carbocycles. The zero-order valence-electron chi connectivity index (χ0n) is 18.4. The first-order valence-corrected chi connectivity index (χ1v) is 11.8. The van der Waals surface area contributed by atoms with Crippen LogP contribution in [0.4, 0.5) is 0 Å². The zero-order valence-corrected chi connectivity index (χ0v) is 20.0. The summed E-state index contributed by atoms with van der Waals surface area (Å²) in [7, 11) is 0. The minimum absolute atomic E-state index is 0.197. The van der Waals surface area contributed by atoms with Crippen LogP contribution in [0.25, 0.3) is 0 Å². The standard InChI is InChI=1S/C24H23Cl2N3O5/c1-2-34-24(32)19-9-5-6-12-28(19)29-21(17-11-10-14(25)13-18(17)26)20(22(30)27-33)15-7-3-4-8-16(15)23(29)31/h3-4,7-8,10-11,13,19-21H,2,5-6,9,12H2,1H3. The van der Waals surface area contributed by atoms with Crippen LogP contribution in [-0.4, -0.2) is 47.0 Å². The van der Waals surface area contributed by atoms with Gasteiger partial charge in [0.05, 0.1) is 18.6 Å². The fourth-order valence-corrected chi connectivity index (χ4v) is 5.35. The van der Waals surface area contributed by atoms with E-state index in [-0.39, 0.29) is 17.2 Å². The monoisotopic (exact) mass is 503 g/mol. The molecule has 3 unspecified atom stereocenters. The lowest BCUT2D eigenvalue weighted by molar-refractivity contribution is -0.163. The molecule has 2 aliphatic heterocycles. The van der Waals surface area contributed by atoms with Crippen LogP contribution in [0, 0.1) is 4.91 Å². The Hall–Kier alpha value is -2.81. The van der Waals surface area contributed by atoms with Gasteiger partial charge in [0.25, 0.3) is 11.8 Å². The van der Waals surface area contributed by atoms with E-state index in [1.165, 1.54) is 11.1 Å². The highest BCUT2D eigenvalue weighted by molar-refractivity contribution is 6.35. The number of hydrazine groups is 1. The number of ether oxygens (including phenoxy) is 1. The van der Waals surface area contributed by atoms with Crippen molar-refractivity contribution in [1.82, 2.24) is 10.0 Å². The number of benzene rings is 2. The molecule has 2 aromatic rings. The molecule has 0 radical (unpaired) electrons. The van der Waals surface area contributed by atoms with Crippen LogP contribution in [0.5, 0.6) is 0 Å². The van der Waals surface area contributed by atoms with Gasteiger partial charge in [0.1, 0.15) is 6.04 Å². The molecule has 0 bridgehead atoms. The molecule has 178 valence electrons. The molecule has 2 aliphatic rings. The maximum Gasteiger partial charge on any atom is 0.325 e. The van der Waals surface area contributed by atoms with Crippen LogP contribution < -0.4 is 0 Å². The Labute approximate surface area is 206 Å². The Morgan fingerprint density at radius 1 is 1.12 bits per heavy atom. The second-order valence-electron chi connectivity index (χ2n) is 8.18. The predicted octanol–water partition coefficient (Wildman–Crippen LogP) is 4.90. The van der Waals surface area contributed by atoms with Crippen molar-refractivity contribution in [2.45, 2.75) is 44.2 Å². The molecule has 10 heteroatoms. The lowest BCUT2D eigenvalue weighted by Gasteiger charge is -2.49. The molecule has 1 fully saturated rings. The Morgan fingerprint density at radius 2 is 1.88 bits per heavy atom. The van der Waals surface area contributed by atoms with Crippen molar-refractivity contribution >= 4 is 41.0 Å². The number of halogens is 2. The average molecular weight is 504 g/mol. The van der Waals surface area contributed by atoms with E-state index in [9.17, 15) is 19.3 Å². The van der Waals surface area contributed by atoms with Crippen molar-refractivity contribution < 1.29 is 19.1 Å². The summed E-state index contributed by atoms with van der Waals surface area (Å²) in [5.41, 5.74) is 1.07. The molecule has 2 amide bonds. The van der Waals surface area contributed by atoms with Crippen LogP contribution in [0.3, 0.4) is 0 Å². The SMILES string of the molecule is CCOC(=O)C1CCCCN1N1C(=O)c2ccccc2C(C(=O)N=O)C1c1ccc(Cl)cc1Cl. The number of hydrogen-bond acceptors (Lipinski definition) is 6. The molecular formula is C24H23Cl2N3O5. The third-order valence-electron chi connectivity index (χ3n) is 6.26. The minimum Gasteiger partial charge on any atom is -0.465 e. The molecule has 3 atom stereocenters. The highest BCUT2D eigenvalue weighted by atomic mass is 35.5. The van der Waals surface area contributed by atoms with Gasteiger partial charge in [-0.15, -0.1) is 4.91 Å². The molecule has 0 N–H and O–H groups in total. The summed E-state index contributed by atoms with van der Waals surface area (Å²) in [6.07, 6.45) is 1.99. The normalized spacial score (nSPS) is 22.7. The Bertz CT molecular complexity index is 1140. The molecule has 4 rings (SSSR count). The quantitative estimate of drug-likeness (QED) is 0.425. The van der Waals surface area contributed by atoms with E-state index in [1.54, 1.807) is 48.3 Å². The van der Waals surface area contributed by atoms with Crippen molar-refractivity contribution in [1.29, 1.82) is 0 Å². The first-order valence-electron chi connectivity index (χ1n) is 11.1. The van der Waals surface area contributed by atoms with Crippen molar-refractivity contribution in [2.75, 3.05) is 13.2 Å². The maximum absolute atomic E-state index is 13.9. The van der Waals surface area contributed by atoms with Gasteiger partial charge in [-0.05, 0) is 55.5 Å². The van der Waals surface area contributed by atoms with Crippen molar-refractivity contribution in [3.63, 3.8) is 0 Å². The maximum atomic E-state index is 13.9. The lowest BCUT2D eigenvalue weighted by atomic mass is 9.79. The summed E-state index contributed by atoms with van der Waals surface area (Å²) in [5, 5.41) is 6.37. The topological polar surface area (TPSA) is 96.3 Å². The Balaban J connectivity index is 1.94. The second kappa shape index (κ2) is 10.2. The summed E-state index contributed by atoms with van der Waals surface area (Å²) in [5.74, 6) is -2.91. The van der Waals surface area contributed by atoms with Crippen molar-refractivity contribution in [2.24, 2.45) is 5.18 Å². The highest BCUT2D eigenvalue weighted by Gasteiger charge is 2.50. The van der Waals surface area contributed by atoms with Gasteiger partial charge < -0.3 is 4.74 Å². The first kappa shape index (κ1) is 24.3. The predicted molar refractivity (Wildman–Crippen MR) is 126 cm³/mol. The van der Waals surface area contributed by atoms with Crippen molar-refractivity contribution in [3.05, 3.63) is 74.1 Å². The summed E-state index contributed by atoms with van der Waals surface area (Å²) >= 11 is 12.7. The Kier molecular flexibility index (Phi) is 7.30. The number of nitroso groups, excluding NO2 is 1. The van der Waals surface area contributed by atoms with Gasteiger partial charge in [0.15, 0.2) is 0 Å². The van der Waals surface area contributed by atoms with E-state index < -0.39 is 35.8 Å². The first-order chi connectivity index (χ1) is 16.4. The van der Waals surface area contributed by atoms with Crippen LogP contribution in [0.1, 0.15) is 59.6 Å². The largest absolute Gasteiger partial charge is 0.465 e. The van der Waals surface area contributed by atoms with Gasteiger partial charge >= 0.3 is 5.97 Å². The summed E-state index contributed by atoms with van der Waals surface area (Å²) in [6, 6.07) is 9.60. The molecule has 8 nitrogen and oxygen atoms in total. The third kappa shape index (κ3) is 4.33. The van der Waals surface area contributed by atoms with E-state index in [2.05, 4.69) is 5.18 Å². The van der Waals surface area contributed by atoms with Gasteiger partial charge in [-0.3, -0.25) is 19.4 Å². The number of rotatable bonds is 5. The number of esters is 1. The zero-order chi connectivity index (χ0) is 24.4. The van der Waals surface area contributed by atoms with E-state index in [1.807, 2.05) is 0 Å². The number of piperidine rings is 1. The summed E-state index contributed by atoms with van der Waals surface area (Å²) in [4.78, 5) is 51.2. The van der Waals surface area contributed by atoms with Crippen LogP contribution in [0.15, 0.2) is 47.6 Å². The van der Waals surface area contributed by atoms with Crippen LogP contribution >= 0.6 is 23.2 Å². The molecule has 0 spiro atoms. The number of carbonyl (C=O) groups is 3. The molecule has 0 aromatic heterocycles. The molecular weight excluding hydrogens is 481 g/mol. The number of nitrogens with zero attached hydrogens (tertiary/aromatic N) is 3. The Morgan fingerprint density at radius 3 is 2.59 bits per heavy atom. The van der Waals surface area contributed by atoms with Gasteiger partial charge in [0.2, 0.25) is 0 Å². The minimum atomic E-state index is -1.12. The number of carbonyl (C=O) groups excluding carboxylic acids is 3. The third-order valence-corrected chi connectivity index (χ3v) is 6.82. The van der Waals surface area contributed by atoms with Crippen LogP contribution in [-0.2, 0) is 14.3 Å². The fourth-order valence-electron chi connectivity index (χ4n) is 4.83. The van der Waals surface area contributed by atoms with E-state index in [0.29, 0.717) is 29.1 Å². The van der Waals surface area contributed by atoms with Gasteiger partial charge in [-0.25, -0.2) is 5.01 Å². The van der Waals surface area contributed by atoms with Crippen molar-refractivity contribution in [3.8, 4) is 0 Å². The summed E-state index contributed by atoms with van der Waals surface area (Å²) in [6.45, 7) is 2.30. The molecule has 1 saturated heterocycles. The smallest absolute Gasteiger partial charge is 0.325 e. The molecule has 0 aliphatic carbocycles. The number of hydrogen-bond donors (Lipinski definition) is 0. The van der Waals surface area contributed by atoms with Gasteiger partial charge in [-0.1, -0.05) is 47.5 Å². The average Bonchev–Trinajstić information content (AvgIpc) is 2.84. The fraction of sp³-hybridized carbons (Fsp3) is 0.375.